The minimum Gasteiger partial charge on any atom is -0.323 e. The molecule has 0 bridgehead atoms. The summed E-state index contributed by atoms with van der Waals surface area (Å²) in [5, 5.41) is 0.503. The summed E-state index contributed by atoms with van der Waals surface area (Å²) >= 11 is 5.87. The van der Waals surface area contributed by atoms with Crippen LogP contribution in [0.2, 0.25) is 5.02 Å². The van der Waals surface area contributed by atoms with E-state index in [1.807, 2.05) is 0 Å². The molecule has 2 N–H and O–H groups in total. The van der Waals surface area contributed by atoms with Gasteiger partial charge in [0.05, 0.1) is 5.75 Å². The molecule has 1 aromatic rings. The van der Waals surface area contributed by atoms with Gasteiger partial charge in [0.25, 0.3) is 0 Å². The van der Waals surface area contributed by atoms with Crippen LogP contribution in [0, 0.1) is 0 Å². The van der Waals surface area contributed by atoms with Crippen molar-refractivity contribution in [1.82, 2.24) is 0 Å². The molecule has 0 saturated carbocycles. The molecule has 0 saturated heterocycles. The normalized spacial score (nSPS) is 13.9. The summed E-state index contributed by atoms with van der Waals surface area (Å²) in [6, 6.07) is 6.43. The van der Waals surface area contributed by atoms with Crippen LogP contribution in [0.1, 0.15) is 11.6 Å². The highest BCUT2D eigenvalue weighted by atomic mass is 35.5. The molecule has 0 radical (unpaired) electrons. The summed E-state index contributed by atoms with van der Waals surface area (Å²) in [4.78, 5) is 0. The number of benzene rings is 1. The highest BCUT2D eigenvalue weighted by Gasteiger charge is 2.14. The minimum absolute atomic E-state index is 0.0866. The first-order valence-corrected chi connectivity index (χ1v) is 6.52. The van der Waals surface area contributed by atoms with Crippen LogP contribution in [0.25, 0.3) is 0 Å². The fourth-order valence-corrected chi connectivity index (χ4v) is 2.30. The molecule has 0 amide bonds. The molecule has 0 aliphatic carbocycles. The average Bonchev–Trinajstić information content (AvgIpc) is 2.01. The van der Waals surface area contributed by atoms with Crippen LogP contribution in [0.15, 0.2) is 24.3 Å². The smallest absolute Gasteiger partial charge is 0.149 e. The van der Waals surface area contributed by atoms with Crippen molar-refractivity contribution in [1.29, 1.82) is 0 Å². The Balaban J connectivity index is 2.90. The Labute approximate surface area is 88.8 Å². The number of rotatable bonds is 3. The van der Waals surface area contributed by atoms with Crippen molar-refractivity contribution >= 4 is 21.4 Å². The molecule has 78 valence electrons. The van der Waals surface area contributed by atoms with Gasteiger partial charge in [-0.25, -0.2) is 8.42 Å². The van der Waals surface area contributed by atoms with Crippen molar-refractivity contribution in [3.8, 4) is 0 Å². The van der Waals surface area contributed by atoms with Gasteiger partial charge in [0.2, 0.25) is 0 Å². The van der Waals surface area contributed by atoms with E-state index in [0.29, 0.717) is 10.6 Å². The second kappa shape index (κ2) is 4.29. The summed E-state index contributed by atoms with van der Waals surface area (Å²) < 4.78 is 22.0. The van der Waals surface area contributed by atoms with E-state index in [4.69, 9.17) is 17.3 Å². The molecule has 0 fully saturated rings. The average molecular weight is 234 g/mol. The predicted octanol–water partition coefficient (Wildman–Crippen LogP) is 1.38. The van der Waals surface area contributed by atoms with Crippen LogP contribution in [-0.2, 0) is 9.84 Å². The lowest BCUT2D eigenvalue weighted by atomic mass is 10.1. The molecule has 14 heavy (non-hydrogen) atoms. The van der Waals surface area contributed by atoms with E-state index in [0.717, 1.165) is 6.26 Å². The Hall–Kier alpha value is -0.580. The van der Waals surface area contributed by atoms with Crippen molar-refractivity contribution in [2.45, 2.75) is 6.04 Å². The van der Waals surface area contributed by atoms with Crippen molar-refractivity contribution in [2.24, 2.45) is 5.73 Å². The fraction of sp³-hybridized carbons (Fsp3) is 0.333. The maximum atomic E-state index is 11.0. The summed E-state index contributed by atoms with van der Waals surface area (Å²) in [6.07, 6.45) is 1.16. The quantitative estimate of drug-likeness (QED) is 0.858. The largest absolute Gasteiger partial charge is 0.323 e. The van der Waals surface area contributed by atoms with E-state index in [2.05, 4.69) is 0 Å². The third-order valence-electron chi connectivity index (χ3n) is 1.79. The number of halogens is 1. The summed E-state index contributed by atoms with van der Waals surface area (Å²) in [7, 11) is -3.07. The fourth-order valence-electron chi connectivity index (χ4n) is 1.19. The predicted molar refractivity (Wildman–Crippen MR) is 58.1 cm³/mol. The summed E-state index contributed by atoms with van der Waals surface area (Å²) in [5.74, 6) is -0.0866. The molecule has 0 aliphatic rings. The van der Waals surface area contributed by atoms with E-state index >= 15 is 0 Å². The Kier molecular flexibility index (Phi) is 3.53. The molecule has 1 aromatic carbocycles. The lowest BCUT2D eigenvalue weighted by molar-refractivity contribution is 0.595. The standard InChI is InChI=1S/C9H12ClNO2S/c1-14(12,13)6-9(11)7-4-2-3-5-8(7)10/h2-5,9H,6,11H2,1H3/t9-/m0/s1. The maximum absolute atomic E-state index is 11.0. The summed E-state index contributed by atoms with van der Waals surface area (Å²) in [6.45, 7) is 0. The van der Waals surface area contributed by atoms with E-state index in [1.165, 1.54) is 0 Å². The van der Waals surface area contributed by atoms with Gasteiger partial charge in [-0.3, -0.25) is 0 Å². The highest BCUT2D eigenvalue weighted by Crippen LogP contribution is 2.21. The van der Waals surface area contributed by atoms with Gasteiger partial charge >= 0.3 is 0 Å². The van der Waals surface area contributed by atoms with Gasteiger partial charge in [0.1, 0.15) is 9.84 Å². The van der Waals surface area contributed by atoms with Gasteiger partial charge < -0.3 is 5.73 Å². The van der Waals surface area contributed by atoms with Gasteiger partial charge in [-0.1, -0.05) is 29.8 Å². The van der Waals surface area contributed by atoms with E-state index in [-0.39, 0.29) is 5.75 Å². The molecule has 0 unspecified atom stereocenters. The van der Waals surface area contributed by atoms with Crippen LogP contribution in [0.3, 0.4) is 0 Å². The van der Waals surface area contributed by atoms with E-state index in [9.17, 15) is 8.42 Å². The van der Waals surface area contributed by atoms with Crippen molar-refractivity contribution in [2.75, 3.05) is 12.0 Å². The second-order valence-electron chi connectivity index (χ2n) is 3.22. The van der Waals surface area contributed by atoms with Crippen LogP contribution >= 0.6 is 11.6 Å². The monoisotopic (exact) mass is 233 g/mol. The molecule has 5 heteroatoms. The van der Waals surface area contributed by atoms with Gasteiger partial charge in [0.15, 0.2) is 0 Å². The van der Waals surface area contributed by atoms with Crippen LogP contribution in [-0.4, -0.2) is 20.4 Å². The third kappa shape index (κ3) is 3.29. The molecule has 3 nitrogen and oxygen atoms in total. The van der Waals surface area contributed by atoms with E-state index in [1.54, 1.807) is 24.3 Å². The maximum Gasteiger partial charge on any atom is 0.149 e. The van der Waals surface area contributed by atoms with Crippen LogP contribution < -0.4 is 5.73 Å². The zero-order valence-corrected chi connectivity index (χ0v) is 9.35. The molecular formula is C9H12ClNO2S. The van der Waals surface area contributed by atoms with Gasteiger partial charge in [-0.2, -0.15) is 0 Å². The molecule has 0 aliphatic heterocycles. The third-order valence-corrected chi connectivity index (χ3v) is 3.10. The zero-order chi connectivity index (χ0) is 10.8. The van der Waals surface area contributed by atoms with E-state index < -0.39 is 15.9 Å². The lowest BCUT2D eigenvalue weighted by Gasteiger charge is -2.11. The summed E-state index contributed by atoms with van der Waals surface area (Å²) in [5.41, 5.74) is 6.38. The number of hydrogen-bond acceptors (Lipinski definition) is 3. The highest BCUT2D eigenvalue weighted by molar-refractivity contribution is 7.90. The number of sulfone groups is 1. The van der Waals surface area contributed by atoms with Gasteiger partial charge in [-0.05, 0) is 11.6 Å². The van der Waals surface area contributed by atoms with Crippen LogP contribution in [0.4, 0.5) is 0 Å². The van der Waals surface area contributed by atoms with Crippen molar-refractivity contribution in [3.05, 3.63) is 34.9 Å². The molecule has 0 aromatic heterocycles. The number of nitrogens with two attached hydrogens (primary N) is 1. The molecule has 0 heterocycles. The van der Waals surface area contributed by atoms with Crippen molar-refractivity contribution < 1.29 is 8.42 Å². The Morgan fingerprint density at radius 3 is 2.50 bits per heavy atom. The molecule has 0 spiro atoms. The first-order chi connectivity index (χ1) is 6.40. The zero-order valence-electron chi connectivity index (χ0n) is 7.77. The SMILES string of the molecule is CS(=O)(=O)C[C@H](N)c1ccccc1Cl. The van der Waals surface area contributed by atoms with Gasteiger partial charge in [-0.15, -0.1) is 0 Å². The first-order valence-electron chi connectivity index (χ1n) is 4.08. The second-order valence-corrected chi connectivity index (χ2v) is 5.81. The minimum atomic E-state index is -3.07. The number of hydrogen-bond donors (Lipinski definition) is 1. The van der Waals surface area contributed by atoms with Gasteiger partial charge in [0, 0.05) is 17.3 Å². The van der Waals surface area contributed by atoms with Crippen LogP contribution in [0.5, 0.6) is 0 Å². The molecule has 1 rings (SSSR count). The lowest BCUT2D eigenvalue weighted by Crippen LogP contribution is -2.21. The molecule has 1 atom stereocenters. The Bertz CT molecular complexity index is 417. The van der Waals surface area contributed by atoms with Crippen molar-refractivity contribution in [3.63, 3.8) is 0 Å². The first kappa shape index (κ1) is 11.5. The Morgan fingerprint density at radius 2 is 2.00 bits per heavy atom. The topological polar surface area (TPSA) is 60.2 Å². The Morgan fingerprint density at radius 1 is 1.43 bits per heavy atom. The molecular weight excluding hydrogens is 222 g/mol.